The summed E-state index contributed by atoms with van der Waals surface area (Å²) < 4.78 is 0. The first-order chi connectivity index (χ1) is 5.21. The monoisotopic (exact) mass is 173 g/mol. The number of hydrogen-bond acceptors (Lipinski definition) is 6. The molecular weight excluding hydrogens is 164 g/mol. The molecule has 0 amide bonds. The third-order valence-corrected chi connectivity index (χ3v) is 1.90. The molecule has 1 rings (SSSR count). The normalized spacial score (nSPS) is 22.5. The van der Waals surface area contributed by atoms with Crippen molar-refractivity contribution in [1.29, 1.82) is 0 Å². The van der Waals surface area contributed by atoms with Crippen LogP contribution in [0.2, 0.25) is 0 Å². The first-order valence-electron chi connectivity index (χ1n) is 3.17. The number of nitrogens with zero attached hydrogens (tertiary/aromatic N) is 4. The van der Waals surface area contributed by atoms with E-state index in [0.29, 0.717) is 6.42 Å². The lowest BCUT2D eigenvalue weighted by Gasteiger charge is -2.21. The van der Waals surface area contributed by atoms with Crippen molar-refractivity contribution >= 4 is 12.6 Å². The summed E-state index contributed by atoms with van der Waals surface area (Å²) in [5, 5.41) is 22.6. The highest BCUT2D eigenvalue weighted by molar-refractivity contribution is 7.81. The van der Waals surface area contributed by atoms with Gasteiger partial charge in [0, 0.05) is 13.0 Å². The van der Waals surface area contributed by atoms with Crippen molar-refractivity contribution in [2.75, 3.05) is 6.61 Å². The molecule has 0 aliphatic carbocycles. The zero-order chi connectivity index (χ0) is 8.32. The summed E-state index contributed by atoms with van der Waals surface area (Å²) in [6.07, 6.45) is 0.359. The Kier molecular flexibility index (Phi) is 2.56. The van der Waals surface area contributed by atoms with E-state index in [4.69, 9.17) is 5.11 Å². The van der Waals surface area contributed by atoms with Crippen molar-refractivity contribution in [3.05, 3.63) is 6.92 Å². The molecule has 1 aliphatic rings. The van der Waals surface area contributed by atoms with Crippen LogP contribution in [-0.2, 0) is 0 Å². The molecule has 5 nitrogen and oxygen atoms in total. The van der Waals surface area contributed by atoms with Crippen molar-refractivity contribution in [2.45, 2.75) is 17.3 Å². The van der Waals surface area contributed by atoms with Gasteiger partial charge in [-0.15, -0.1) is 10.2 Å². The highest BCUT2D eigenvalue weighted by Gasteiger charge is 2.37. The Hall–Kier alpha value is -0.490. The zero-order valence-corrected chi connectivity index (χ0v) is 6.78. The van der Waals surface area contributed by atoms with E-state index >= 15 is 0 Å². The molecule has 1 atom stereocenters. The minimum atomic E-state index is -0.835. The first kappa shape index (κ1) is 8.61. The van der Waals surface area contributed by atoms with E-state index in [0.717, 1.165) is 0 Å². The summed E-state index contributed by atoms with van der Waals surface area (Å²) in [5.74, 6) is 0. The van der Waals surface area contributed by atoms with Gasteiger partial charge in [-0.05, 0) is 17.4 Å². The predicted molar refractivity (Wildman–Crippen MR) is 42.3 cm³/mol. The summed E-state index contributed by atoms with van der Waals surface area (Å²) in [7, 11) is 0. The number of aliphatic hydroxyl groups excluding tert-OH is 1. The smallest absolute Gasteiger partial charge is 0.208 e. The largest absolute Gasteiger partial charge is 0.396 e. The topological polar surface area (TPSA) is 69.7 Å². The molecule has 1 radical (unpaired) electrons. The quantitative estimate of drug-likeness (QED) is 0.615. The van der Waals surface area contributed by atoms with E-state index in [-0.39, 0.29) is 11.9 Å². The summed E-state index contributed by atoms with van der Waals surface area (Å²) in [5.41, 5.74) is -0.835. The second-order valence-corrected chi connectivity index (χ2v) is 2.87. The molecule has 0 bridgehead atoms. The average Bonchev–Trinajstić information content (AvgIpc) is 2.38. The van der Waals surface area contributed by atoms with Gasteiger partial charge in [-0.3, -0.25) is 0 Å². The summed E-state index contributed by atoms with van der Waals surface area (Å²) in [4.78, 5) is 0. The molecule has 1 N–H and O–H groups in total. The van der Waals surface area contributed by atoms with Crippen LogP contribution in [0.1, 0.15) is 6.42 Å². The van der Waals surface area contributed by atoms with Crippen molar-refractivity contribution < 1.29 is 5.11 Å². The number of aliphatic hydroxyl groups is 1. The molecule has 1 unspecified atom stereocenters. The maximum absolute atomic E-state index is 8.68. The molecule has 11 heavy (non-hydrogen) atoms. The summed E-state index contributed by atoms with van der Waals surface area (Å²) in [6.45, 7) is 3.63. The predicted octanol–water partition coefficient (Wildman–Crippen LogP) is 1.03. The highest BCUT2D eigenvalue weighted by atomic mass is 32.1. The van der Waals surface area contributed by atoms with E-state index in [9.17, 15) is 0 Å². The highest BCUT2D eigenvalue weighted by Crippen LogP contribution is 2.30. The Balaban J connectivity index is 2.72. The Morgan fingerprint density at radius 2 is 2.00 bits per heavy atom. The molecule has 0 saturated carbocycles. The minimum absolute atomic E-state index is 0.0232. The van der Waals surface area contributed by atoms with Gasteiger partial charge in [-0.25, -0.2) is 0 Å². The molecule has 0 aromatic rings. The van der Waals surface area contributed by atoms with Gasteiger partial charge in [0.05, 0.1) is 5.25 Å². The zero-order valence-electron chi connectivity index (χ0n) is 5.88. The number of hydrogen-bond donors (Lipinski definition) is 2. The van der Waals surface area contributed by atoms with Gasteiger partial charge in [0.1, 0.15) is 0 Å². The molecule has 1 aliphatic heterocycles. The molecule has 0 aromatic carbocycles. The molecule has 0 spiro atoms. The van der Waals surface area contributed by atoms with E-state index in [2.05, 4.69) is 40.2 Å². The van der Waals surface area contributed by atoms with E-state index in [1.165, 1.54) is 0 Å². The summed E-state index contributed by atoms with van der Waals surface area (Å²) in [6, 6.07) is 0. The van der Waals surface area contributed by atoms with Crippen LogP contribution < -0.4 is 0 Å². The SMILES string of the molecule is [CH2]C(S)C1(CCO)N=NN=N1. The number of rotatable bonds is 3. The van der Waals surface area contributed by atoms with Crippen LogP contribution in [0.3, 0.4) is 0 Å². The second-order valence-electron chi connectivity index (χ2n) is 2.25. The third-order valence-electron chi connectivity index (χ3n) is 1.49. The fraction of sp³-hybridized carbons (Fsp3) is 0.800. The maximum atomic E-state index is 8.68. The van der Waals surface area contributed by atoms with Gasteiger partial charge in [0.15, 0.2) is 0 Å². The van der Waals surface area contributed by atoms with Gasteiger partial charge in [-0.2, -0.15) is 12.6 Å². The molecular formula is C5H9N4OS. The Morgan fingerprint density at radius 3 is 2.36 bits per heavy atom. The minimum Gasteiger partial charge on any atom is -0.396 e. The summed E-state index contributed by atoms with van der Waals surface area (Å²) >= 11 is 4.08. The van der Waals surface area contributed by atoms with Crippen LogP contribution in [0.15, 0.2) is 20.7 Å². The molecule has 0 aromatic heterocycles. The molecule has 1 heterocycles. The van der Waals surface area contributed by atoms with Crippen LogP contribution >= 0.6 is 12.6 Å². The van der Waals surface area contributed by atoms with E-state index < -0.39 is 5.66 Å². The second kappa shape index (κ2) is 3.27. The maximum Gasteiger partial charge on any atom is 0.208 e. The van der Waals surface area contributed by atoms with Gasteiger partial charge in [0.25, 0.3) is 0 Å². The average molecular weight is 173 g/mol. The van der Waals surface area contributed by atoms with E-state index in [1.54, 1.807) is 0 Å². The molecule has 61 valence electrons. The lowest BCUT2D eigenvalue weighted by molar-refractivity contribution is 0.244. The van der Waals surface area contributed by atoms with Crippen molar-refractivity contribution in [1.82, 2.24) is 0 Å². The lowest BCUT2D eigenvalue weighted by Crippen LogP contribution is -2.32. The standard InChI is InChI=1S/C5H9N4OS/c1-4(11)5(2-3-10)6-8-9-7-5/h4,10-11H,1-3H2. The lowest BCUT2D eigenvalue weighted by atomic mass is 10.1. The Morgan fingerprint density at radius 1 is 1.45 bits per heavy atom. The van der Waals surface area contributed by atoms with Crippen LogP contribution in [0, 0.1) is 6.92 Å². The van der Waals surface area contributed by atoms with Crippen molar-refractivity contribution in [3.8, 4) is 0 Å². The molecule has 0 saturated heterocycles. The number of thiol groups is 1. The molecule has 6 heteroatoms. The Bertz CT molecular complexity index is 179. The third kappa shape index (κ3) is 1.57. The van der Waals surface area contributed by atoms with Crippen LogP contribution in [-0.4, -0.2) is 22.6 Å². The van der Waals surface area contributed by atoms with Crippen molar-refractivity contribution in [2.24, 2.45) is 20.7 Å². The van der Waals surface area contributed by atoms with Crippen LogP contribution in [0.5, 0.6) is 0 Å². The Labute approximate surface area is 70.0 Å². The molecule has 0 fully saturated rings. The first-order valence-corrected chi connectivity index (χ1v) is 3.69. The van der Waals surface area contributed by atoms with Gasteiger partial charge >= 0.3 is 0 Å². The van der Waals surface area contributed by atoms with E-state index in [1.807, 2.05) is 0 Å². The van der Waals surface area contributed by atoms with Crippen LogP contribution in [0.25, 0.3) is 0 Å². The van der Waals surface area contributed by atoms with Crippen LogP contribution in [0.4, 0.5) is 0 Å². The van der Waals surface area contributed by atoms with Gasteiger partial charge in [-0.1, -0.05) is 0 Å². The van der Waals surface area contributed by atoms with Crippen molar-refractivity contribution in [3.63, 3.8) is 0 Å². The van der Waals surface area contributed by atoms with Gasteiger partial charge in [0.2, 0.25) is 5.66 Å². The fourth-order valence-electron chi connectivity index (χ4n) is 0.779. The van der Waals surface area contributed by atoms with Gasteiger partial charge < -0.3 is 5.11 Å². The fourth-order valence-corrected chi connectivity index (χ4v) is 1.01.